The Balaban J connectivity index is 2.80. The van der Waals surface area contributed by atoms with E-state index in [9.17, 15) is 0 Å². The van der Waals surface area contributed by atoms with E-state index in [1.807, 2.05) is 0 Å². The van der Waals surface area contributed by atoms with Crippen molar-refractivity contribution in [3.63, 3.8) is 0 Å². The summed E-state index contributed by atoms with van der Waals surface area (Å²) >= 11 is 0. The van der Waals surface area contributed by atoms with Gasteiger partial charge in [0.05, 0.1) is 0 Å². The van der Waals surface area contributed by atoms with E-state index in [0.29, 0.717) is 18.1 Å². The van der Waals surface area contributed by atoms with E-state index < -0.39 is 0 Å². The summed E-state index contributed by atoms with van der Waals surface area (Å²) in [6.45, 7) is 11.4. The Labute approximate surface area is 125 Å². The monoisotopic (exact) mass is 276 g/mol. The first-order chi connectivity index (χ1) is 9.36. The average molecular weight is 276 g/mol. The van der Waals surface area contributed by atoms with Gasteiger partial charge in [-0.25, -0.2) is 0 Å². The second-order valence-corrected chi connectivity index (χ2v) is 6.56. The van der Waals surface area contributed by atoms with Gasteiger partial charge in [-0.2, -0.15) is 0 Å². The van der Waals surface area contributed by atoms with Crippen LogP contribution in [0.3, 0.4) is 0 Å². The molecule has 0 aromatic heterocycles. The summed E-state index contributed by atoms with van der Waals surface area (Å²) in [6, 6.07) is 10.3. The predicted molar refractivity (Wildman–Crippen MR) is 89.1 cm³/mol. The van der Waals surface area contributed by atoms with Crippen molar-refractivity contribution in [2.24, 2.45) is 5.92 Å². The molecule has 0 aliphatic carbocycles. The zero-order chi connectivity index (χ0) is 15.3. The zero-order valence-corrected chi connectivity index (χ0v) is 14.3. The van der Waals surface area contributed by atoms with Crippen molar-refractivity contribution in [3.05, 3.63) is 35.4 Å². The number of aryl methyl sites for hydroxylation is 1. The van der Waals surface area contributed by atoms with Gasteiger partial charge >= 0.3 is 0 Å². The van der Waals surface area contributed by atoms with Crippen molar-refractivity contribution in [2.75, 3.05) is 14.1 Å². The minimum absolute atomic E-state index is 0.371. The quantitative estimate of drug-likeness (QED) is 0.809. The molecule has 0 spiro atoms. The molecule has 0 aliphatic rings. The maximum atomic E-state index is 3.49. The van der Waals surface area contributed by atoms with Crippen LogP contribution in [-0.4, -0.2) is 31.1 Å². The lowest BCUT2D eigenvalue weighted by Gasteiger charge is -2.37. The van der Waals surface area contributed by atoms with E-state index in [1.165, 1.54) is 17.5 Å². The minimum Gasteiger partial charge on any atom is -0.312 e. The first kappa shape index (κ1) is 17.2. The molecule has 1 rings (SSSR count). The summed E-state index contributed by atoms with van der Waals surface area (Å²) < 4.78 is 0. The smallest absolute Gasteiger partial charge is 0.0472 e. The summed E-state index contributed by atoms with van der Waals surface area (Å²) in [5, 5.41) is 3.49. The molecule has 3 atom stereocenters. The topological polar surface area (TPSA) is 15.3 Å². The number of nitrogens with one attached hydrogen (secondary N) is 1. The summed E-state index contributed by atoms with van der Waals surface area (Å²) in [4.78, 5) is 2.50. The first-order valence-electron chi connectivity index (χ1n) is 7.82. The lowest BCUT2D eigenvalue weighted by Crippen LogP contribution is -2.44. The highest BCUT2D eigenvalue weighted by atomic mass is 15.2. The van der Waals surface area contributed by atoms with Crippen molar-refractivity contribution in [3.8, 4) is 0 Å². The average Bonchev–Trinajstić information content (AvgIpc) is 2.39. The maximum absolute atomic E-state index is 3.49. The summed E-state index contributed by atoms with van der Waals surface area (Å²) in [6.07, 6.45) is 1.24. The summed E-state index contributed by atoms with van der Waals surface area (Å²) in [5.41, 5.74) is 2.69. The van der Waals surface area contributed by atoms with Crippen LogP contribution < -0.4 is 5.32 Å². The van der Waals surface area contributed by atoms with Gasteiger partial charge in [0.1, 0.15) is 0 Å². The third-order valence-electron chi connectivity index (χ3n) is 4.38. The lowest BCUT2D eigenvalue weighted by molar-refractivity contribution is 0.146. The minimum atomic E-state index is 0.371. The van der Waals surface area contributed by atoms with Crippen molar-refractivity contribution >= 4 is 0 Å². The lowest BCUT2D eigenvalue weighted by atomic mass is 9.96. The largest absolute Gasteiger partial charge is 0.312 e. The highest BCUT2D eigenvalue weighted by Gasteiger charge is 2.24. The third-order valence-corrected chi connectivity index (χ3v) is 4.38. The maximum Gasteiger partial charge on any atom is 0.0472 e. The SMILES string of the molecule is CNC(c1ccc(C)cc1)C(C)N(C)C(C)CC(C)C. The molecule has 0 bridgehead atoms. The number of rotatable bonds is 7. The van der Waals surface area contributed by atoms with Crippen LogP contribution in [0.5, 0.6) is 0 Å². The Bertz CT molecular complexity index is 383. The van der Waals surface area contributed by atoms with Crippen LogP contribution in [0.4, 0.5) is 0 Å². The van der Waals surface area contributed by atoms with Gasteiger partial charge in [-0.1, -0.05) is 43.7 Å². The molecule has 0 heterocycles. The molecule has 1 N–H and O–H groups in total. The highest BCUT2D eigenvalue weighted by molar-refractivity contribution is 5.25. The normalized spacial score (nSPS) is 16.4. The van der Waals surface area contributed by atoms with Crippen LogP contribution in [0.2, 0.25) is 0 Å². The molecule has 2 heteroatoms. The number of likely N-dealkylation sites (N-methyl/N-ethyl adjacent to an activating group) is 2. The second-order valence-electron chi connectivity index (χ2n) is 6.56. The van der Waals surface area contributed by atoms with E-state index in [-0.39, 0.29) is 0 Å². The predicted octanol–water partition coefficient (Wildman–Crippen LogP) is 4.01. The van der Waals surface area contributed by atoms with Gasteiger partial charge in [0.25, 0.3) is 0 Å². The fraction of sp³-hybridized carbons (Fsp3) is 0.667. The van der Waals surface area contributed by atoms with Crippen LogP contribution in [0.25, 0.3) is 0 Å². The van der Waals surface area contributed by atoms with Crippen molar-refractivity contribution in [1.82, 2.24) is 10.2 Å². The molecule has 3 unspecified atom stereocenters. The van der Waals surface area contributed by atoms with Gasteiger partial charge in [0.2, 0.25) is 0 Å². The molecule has 1 aromatic rings. The fourth-order valence-electron chi connectivity index (χ4n) is 2.95. The molecular weight excluding hydrogens is 244 g/mol. The van der Waals surface area contributed by atoms with E-state index in [0.717, 1.165) is 5.92 Å². The molecule has 2 nitrogen and oxygen atoms in total. The van der Waals surface area contributed by atoms with Gasteiger partial charge < -0.3 is 5.32 Å². The fourth-order valence-corrected chi connectivity index (χ4v) is 2.95. The van der Waals surface area contributed by atoms with Crippen molar-refractivity contribution < 1.29 is 0 Å². The summed E-state index contributed by atoms with van der Waals surface area (Å²) in [7, 11) is 4.30. The summed E-state index contributed by atoms with van der Waals surface area (Å²) in [5.74, 6) is 0.743. The van der Waals surface area contributed by atoms with Gasteiger partial charge in [0, 0.05) is 18.1 Å². The highest BCUT2D eigenvalue weighted by Crippen LogP contribution is 2.23. The van der Waals surface area contributed by atoms with Crippen LogP contribution in [0, 0.1) is 12.8 Å². The van der Waals surface area contributed by atoms with E-state index in [2.05, 4.69) is 83.2 Å². The van der Waals surface area contributed by atoms with E-state index in [1.54, 1.807) is 0 Å². The Morgan fingerprint density at radius 2 is 1.60 bits per heavy atom. The molecular formula is C18H32N2. The van der Waals surface area contributed by atoms with E-state index in [4.69, 9.17) is 0 Å². The first-order valence-corrected chi connectivity index (χ1v) is 7.82. The van der Waals surface area contributed by atoms with Gasteiger partial charge in [-0.05, 0) is 52.8 Å². The molecule has 1 aromatic carbocycles. The number of nitrogens with zero attached hydrogens (tertiary/aromatic N) is 1. The number of benzene rings is 1. The molecule has 0 fully saturated rings. The Morgan fingerprint density at radius 3 is 2.05 bits per heavy atom. The molecule has 0 aliphatic heterocycles. The number of hydrogen-bond donors (Lipinski definition) is 1. The Hall–Kier alpha value is -0.860. The Morgan fingerprint density at radius 1 is 1.05 bits per heavy atom. The number of hydrogen-bond acceptors (Lipinski definition) is 2. The van der Waals surface area contributed by atoms with Crippen LogP contribution >= 0.6 is 0 Å². The zero-order valence-electron chi connectivity index (χ0n) is 14.3. The molecule has 0 amide bonds. The standard InChI is InChI=1S/C18H32N2/c1-13(2)12-15(4)20(7)16(5)18(19-6)17-10-8-14(3)9-11-17/h8-11,13,15-16,18-19H,12H2,1-7H3. The molecule has 0 saturated heterocycles. The molecule has 114 valence electrons. The van der Waals surface area contributed by atoms with Crippen LogP contribution in [0.1, 0.15) is 51.3 Å². The molecule has 20 heavy (non-hydrogen) atoms. The van der Waals surface area contributed by atoms with E-state index >= 15 is 0 Å². The van der Waals surface area contributed by atoms with Crippen LogP contribution in [-0.2, 0) is 0 Å². The molecule has 0 radical (unpaired) electrons. The Kier molecular flexibility index (Phi) is 6.70. The van der Waals surface area contributed by atoms with Crippen molar-refractivity contribution in [1.29, 1.82) is 0 Å². The second kappa shape index (κ2) is 7.80. The van der Waals surface area contributed by atoms with Gasteiger partial charge in [0.15, 0.2) is 0 Å². The third kappa shape index (κ3) is 4.60. The van der Waals surface area contributed by atoms with Crippen molar-refractivity contribution in [2.45, 2.75) is 59.2 Å². The van der Waals surface area contributed by atoms with Crippen LogP contribution in [0.15, 0.2) is 24.3 Å². The van der Waals surface area contributed by atoms with Gasteiger partial charge in [-0.15, -0.1) is 0 Å². The van der Waals surface area contributed by atoms with Gasteiger partial charge in [-0.3, -0.25) is 4.90 Å². The molecule has 0 saturated carbocycles.